The molecule has 8 nitrogen and oxygen atoms in total. The van der Waals surface area contributed by atoms with Crippen molar-refractivity contribution in [3.8, 4) is 5.75 Å². The van der Waals surface area contributed by atoms with Gasteiger partial charge in [0, 0.05) is 19.2 Å². The molecule has 0 aliphatic heterocycles. The van der Waals surface area contributed by atoms with Crippen molar-refractivity contribution in [2.45, 2.75) is 6.54 Å². The third-order valence-electron chi connectivity index (χ3n) is 2.51. The Hall–Kier alpha value is -2.64. The highest BCUT2D eigenvalue weighted by atomic mass is 16.6. The van der Waals surface area contributed by atoms with Crippen molar-refractivity contribution in [3.05, 3.63) is 51.2 Å². The lowest BCUT2D eigenvalue weighted by Crippen LogP contribution is -2.25. The lowest BCUT2D eigenvalue weighted by molar-refractivity contribution is -0.384. The molecule has 19 heavy (non-hydrogen) atoms. The highest BCUT2D eigenvalue weighted by Gasteiger charge is 2.05. The number of ether oxygens (including phenoxy) is 1. The quantitative estimate of drug-likeness (QED) is 0.581. The van der Waals surface area contributed by atoms with Crippen LogP contribution in [0.15, 0.2) is 35.4 Å². The monoisotopic (exact) mass is 264 g/mol. The molecule has 0 N–H and O–H groups in total. The van der Waals surface area contributed by atoms with E-state index in [2.05, 4.69) is 5.10 Å². The van der Waals surface area contributed by atoms with Gasteiger partial charge in [-0.25, -0.2) is 9.48 Å². The van der Waals surface area contributed by atoms with Gasteiger partial charge in [-0.05, 0) is 12.1 Å². The minimum Gasteiger partial charge on any atom is -0.492 e. The molecule has 0 fully saturated rings. The van der Waals surface area contributed by atoms with Crippen molar-refractivity contribution < 1.29 is 9.66 Å². The number of hydrogen-bond acceptors (Lipinski definition) is 5. The predicted octanol–water partition coefficient (Wildman–Crippen LogP) is 0.569. The minimum atomic E-state index is -0.475. The largest absolute Gasteiger partial charge is 0.492 e. The van der Waals surface area contributed by atoms with E-state index in [1.807, 2.05) is 0 Å². The Kier molecular flexibility index (Phi) is 3.60. The van der Waals surface area contributed by atoms with E-state index >= 15 is 0 Å². The zero-order valence-corrected chi connectivity index (χ0v) is 10.2. The fourth-order valence-corrected chi connectivity index (χ4v) is 1.49. The molecule has 0 amide bonds. The van der Waals surface area contributed by atoms with E-state index in [1.165, 1.54) is 39.8 Å². The number of nitro benzene ring substituents is 1. The summed E-state index contributed by atoms with van der Waals surface area (Å²) in [5.41, 5.74) is -0.208. The zero-order valence-electron chi connectivity index (χ0n) is 10.2. The second kappa shape index (κ2) is 5.34. The predicted molar refractivity (Wildman–Crippen MR) is 66.1 cm³/mol. The molecule has 0 saturated heterocycles. The molecule has 0 spiro atoms. The molecule has 1 aromatic heterocycles. The fourth-order valence-electron chi connectivity index (χ4n) is 1.49. The van der Waals surface area contributed by atoms with Crippen LogP contribution in [0.2, 0.25) is 0 Å². The summed E-state index contributed by atoms with van der Waals surface area (Å²) < 4.78 is 8.03. The number of non-ortho nitro benzene ring substituents is 1. The van der Waals surface area contributed by atoms with Crippen LogP contribution in [0.1, 0.15) is 0 Å². The summed E-state index contributed by atoms with van der Waals surface area (Å²) in [6.07, 6.45) is 1.42. The van der Waals surface area contributed by atoms with Crippen molar-refractivity contribution in [3.63, 3.8) is 0 Å². The van der Waals surface area contributed by atoms with Gasteiger partial charge in [-0.1, -0.05) is 0 Å². The standard InChI is InChI=1S/C11H12N4O4/c1-13-8-12-14(11(13)16)6-7-19-10-4-2-9(3-5-10)15(17)18/h2-5,8H,6-7H2,1H3. The third-order valence-corrected chi connectivity index (χ3v) is 2.51. The Morgan fingerprint density at radius 2 is 2.05 bits per heavy atom. The van der Waals surface area contributed by atoms with E-state index in [-0.39, 0.29) is 18.0 Å². The van der Waals surface area contributed by atoms with E-state index in [1.54, 1.807) is 7.05 Å². The van der Waals surface area contributed by atoms with Gasteiger partial charge in [0.05, 0.1) is 11.5 Å². The van der Waals surface area contributed by atoms with Gasteiger partial charge in [0.25, 0.3) is 5.69 Å². The molecule has 1 heterocycles. The topological polar surface area (TPSA) is 92.2 Å². The second-order valence-electron chi connectivity index (χ2n) is 3.85. The summed E-state index contributed by atoms with van der Waals surface area (Å²) in [6, 6.07) is 5.75. The average molecular weight is 264 g/mol. The van der Waals surface area contributed by atoms with E-state index in [4.69, 9.17) is 4.74 Å². The van der Waals surface area contributed by atoms with Crippen molar-refractivity contribution >= 4 is 5.69 Å². The summed E-state index contributed by atoms with van der Waals surface area (Å²) in [7, 11) is 1.61. The van der Waals surface area contributed by atoms with Crippen LogP contribution in [-0.4, -0.2) is 25.9 Å². The molecule has 0 aliphatic rings. The lowest BCUT2D eigenvalue weighted by Gasteiger charge is -2.05. The fraction of sp³-hybridized carbons (Fsp3) is 0.273. The summed E-state index contributed by atoms with van der Waals surface area (Å²) >= 11 is 0. The zero-order chi connectivity index (χ0) is 13.8. The molecule has 0 bridgehead atoms. The van der Waals surface area contributed by atoms with E-state index in [9.17, 15) is 14.9 Å². The van der Waals surface area contributed by atoms with Crippen molar-refractivity contribution in [2.24, 2.45) is 7.05 Å². The SMILES string of the molecule is Cn1cnn(CCOc2ccc([N+](=O)[O-])cc2)c1=O. The lowest BCUT2D eigenvalue weighted by atomic mass is 10.3. The van der Waals surface area contributed by atoms with E-state index in [0.717, 1.165) is 0 Å². The molecule has 100 valence electrons. The van der Waals surface area contributed by atoms with Crippen molar-refractivity contribution in [1.82, 2.24) is 14.3 Å². The van der Waals surface area contributed by atoms with Crippen LogP contribution in [0.4, 0.5) is 5.69 Å². The molecule has 0 atom stereocenters. The van der Waals surface area contributed by atoms with Crippen LogP contribution in [0.25, 0.3) is 0 Å². The van der Waals surface area contributed by atoms with Gasteiger partial charge in [-0.3, -0.25) is 14.7 Å². The number of benzene rings is 1. The van der Waals surface area contributed by atoms with Crippen LogP contribution in [-0.2, 0) is 13.6 Å². The molecule has 2 aromatic rings. The summed E-state index contributed by atoms with van der Waals surface area (Å²) in [5, 5.41) is 14.3. The van der Waals surface area contributed by atoms with Gasteiger partial charge in [-0.2, -0.15) is 5.10 Å². The maximum Gasteiger partial charge on any atom is 0.345 e. The Morgan fingerprint density at radius 1 is 1.37 bits per heavy atom. The summed E-state index contributed by atoms with van der Waals surface area (Å²) in [5.74, 6) is 0.509. The van der Waals surface area contributed by atoms with Crippen molar-refractivity contribution in [1.29, 1.82) is 0 Å². The maximum absolute atomic E-state index is 11.5. The molecule has 0 radical (unpaired) electrons. The van der Waals surface area contributed by atoms with Crippen LogP contribution >= 0.6 is 0 Å². The van der Waals surface area contributed by atoms with Crippen molar-refractivity contribution in [2.75, 3.05) is 6.61 Å². The molecule has 0 aliphatic carbocycles. The van der Waals surface area contributed by atoms with Crippen LogP contribution < -0.4 is 10.4 Å². The molecule has 1 aromatic carbocycles. The normalized spacial score (nSPS) is 10.4. The second-order valence-corrected chi connectivity index (χ2v) is 3.85. The first-order valence-corrected chi connectivity index (χ1v) is 5.53. The summed E-state index contributed by atoms with van der Waals surface area (Å²) in [6.45, 7) is 0.575. The third kappa shape index (κ3) is 2.97. The maximum atomic E-state index is 11.5. The molecule has 0 unspecified atom stereocenters. The van der Waals surface area contributed by atoms with Gasteiger partial charge >= 0.3 is 5.69 Å². The van der Waals surface area contributed by atoms with Gasteiger partial charge in [0.2, 0.25) is 0 Å². The van der Waals surface area contributed by atoms with Gasteiger partial charge in [0.15, 0.2) is 0 Å². The van der Waals surface area contributed by atoms with Crippen LogP contribution in [0.5, 0.6) is 5.75 Å². The first kappa shape index (κ1) is 12.8. The Morgan fingerprint density at radius 3 is 2.58 bits per heavy atom. The number of nitro groups is 1. The molecular formula is C11H12N4O4. The first-order valence-electron chi connectivity index (χ1n) is 5.53. The smallest absolute Gasteiger partial charge is 0.345 e. The molecular weight excluding hydrogens is 252 g/mol. The number of nitrogens with zero attached hydrogens (tertiary/aromatic N) is 4. The number of rotatable bonds is 5. The average Bonchev–Trinajstić information content (AvgIpc) is 2.71. The van der Waals surface area contributed by atoms with E-state index < -0.39 is 4.92 Å². The van der Waals surface area contributed by atoms with Gasteiger partial charge in [0.1, 0.15) is 18.7 Å². The number of hydrogen-bond donors (Lipinski definition) is 0. The Labute approximate surface area is 108 Å². The van der Waals surface area contributed by atoms with E-state index in [0.29, 0.717) is 12.3 Å². The first-order chi connectivity index (χ1) is 9.08. The minimum absolute atomic E-state index is 0.00768. The Bertz CT molecular complexity index is 629. The van der Waals surface area contributed by atoms with Crippen LogP contribution in [0.3, 0.4) is 0 Å². The molecule has 8 heteroatoms. The number of aryl methyl sites for hydroxylation is 1. The Balaban J connectivity index is 1.91. The van der Waals surface area contributed by atoms with Gasteiger partial charge in [-0.15, -0.1) is 0 Å². The number of aromatic nitrogens is 3. The molecule has 0 saturated carbocycles. The highest BCUT2D eigenvalue weighted by Crippen LogP contribution is 2.17. The summed E-state index contributed by atoms with van der Waals surface area (Å²) in [4.78, 5) is 21.5. The molecule has 2 rings (SSSR count). The highest BCUT2D eigenvalue weighted by molar-refractivity contribution is 5.35. The van der Waals surface area contributed by atoms with Gasteiger partial charge < -0.3 is 4.74 Å². The van der Waals surface area contributed by atoms with Crippen LogP contribution in [0, 0.1) is 10.1 Å².